The van der Waals surface area contributed by atoms with Gasteiger partial charge in [-0.15, -0.1) is 11.3 Å². The van der Waals surface area contributed by atoms with E-state index < -0.39 is 0 Å². The predicted octanol–water partition coefficient (Wildman–Crippen LogP) is 3.63. The third-order valence-electron chi connectivity index (χ3n) is 4.89. The largest absolute Gasteiger partial charge is 0.349 e. The van der Waals surface area contributed by atoms with Crippen molar-refractivity contribution in [2.24, 2.45) is 13.0 Å². The van der Waals surface area contributed by atoms with E-state index in [1.54, 1.807) is 21.6 Å². The minimum Gasteiger partial charge on any atom is -0.349 e. The lowest BCUT2D eigenvalue weighted by molar-refractivity contribution is 0.0934. The number of thiophene rings is 1. The monoisotopic (exact) mass is 394 g/mol. The fraction of sp³-hybridized carbons (Fsp3) is 0.300. The fourth-order valence-corrected chi connectivity index (χ4v) is 3.65. The van der Waals surface area contributed by atoms with Crippen LogP contribution in [0.4, 0.5) is 0 Å². The predicted molar refractivity (Wildman–Crippen MR) is 110 cm³/mol. The Labute approximate surface area is 167 Å². The summed E-state index contributed by atoms with van der Waals surface area (Å²) >= 11 is 1.43. The van der Waals surface area contributed by atoms with E-state index in [-0.39, 0.29) is 11.9 Å². The zero-order valence-electron chi connectivity index (χ0n) is 16.2. The van der Waals surface area contributed by atoms with Crippen molar-refractivity contribution in [2.45, 2.75) is 26.8 Å². The average Bonchev–Trinajstić information content (AvgIpc) is 3.39. The zero-order valence-corrected chi connectivity index (χ0v) is 17.1. The second kappa shape index (κ2) is 7.20. The van der Waals surface area contributed by atoms with Gasteiger partial charge in [-0.2, -0.15) is 10.2 Å². The smallest absolute Gasteiger partial charge is 0.261 e. The number of aryl methyl sites for hydroxylation is 1. The molecule has 0 saturated heterocycles. The van der Waals surface area contributed by atoms with Crippen LogP contribution in [0.25, 0.3) is 27.9 Å². The summed E-state index contributed by atoms with van der Waals surface area (Å²) in [5.74, 6) is 0.349. The van der Waals surface area contributed by atoms with Gasteiger partial charge >= 0.3 is 0 Å². The van der Waals surface area contributed by atoms with Crippen LogP contribution in [-0.4, -0.2) is 36.3 Å². The van der Waals surface area contributed by atoms with Gasteiger partial charge in [0.2, 0.25) is 0 Å². The molecule has 28 heavy (non-hydrogen) atoms. The number of amides is 1. The summed E-state index contributed by atoms with van der Waals surface area (Å²) in [5, 5.41) is 13.7. The van der Waals surface area contributed by atoms with Gasteiger partial charge in [-0.1, -0.05) is 13.8 Å². The molecule has 1 N–H and O–H groups in total. The molecule has 1 amide bonds. The normalized spacial score (nSPS) is 12.6. The first-order valence-corrected chi connectivity index (χ1v) is 10.0. The molecule has 4 heterocycles. The molecule has 0 radical (unpaired) electrons. The molecular weight excluding hydrogens is 372 g/mol. The van der Waals surface area contributed by atoms with Gasteiger partial charge in [0.25, 0.3) is 5.91 Å². The van der Waals surface area contributed by atoms with Crippen molar-refractivity contribution >= 4 is 22.9 Å². The Balaban J connectivity index is 1.61. The summed E-state index contributed by atoms with van der Waals surface area (Å²) < 4.78 is 3.52. The summed E-state index contributed by atoms with van der Waals surface area (Å²) in [4.78, 5) is 17.7. The van der Waals surface area contributed by atoms with Gasteiger partial charge in [-0.05, 0) is 29.9 Å². The summed E-state index contributed by atoms with van der Waals surface area (Å²) in [6.45, 7) is 6.20. The van der Waals surface area contributed by atoms with Crippen LogP contribution in [0, 0.1) is 5.92 Å². The van der Waals surface area contributed by atoms with Gasteiger partial charge in [0, 0.05) is 48.4 Å². The Kier molecular flexibility index (Phi) is 4.72. The van der Waals surface area contributed by atoms with E-state index in [1.165, 1.54) is 11.3 Å². The molecule has 0 aliphatic carbocycles. The van der Waals surface area contributed by atoms with Crippen molar-refractivity contribution in [3.8, 4) is 22.3 Å². The Morgan fingerprint density at radius 3 is 2.57 bits per heavy atom. The van der Waals surface area contributed by atoms with E-state index >= 15 is 0 Å². The standard InChI is InChI=1S/C20H22N6OS/c1-12(2)13(3)24-20(27)18-5-14(11-28-18)17-8-23-26-10-15(6-21-19(17)26)16-7-22-25(4)9-16/h5-13H,1-4H3,(H,24,27). The third-order valence-corrected chi connectivity index (χ3v) is 5.82. The van der Waals surface area contributed by atoms with E-state index in [0.717, 1.165) is 27.9 Å². The molecule has 0 aliphatic heterocycles. The molecule has 0 aromatic carbocycles. The molecule has 7 nitrogen and oxygen atoms in total. The van der Waals surface area contributed by atoms with Crippen LogP contribution in [0.1, 0.15) is 30.4 Å². The number of carbonyl (C=O) groups is 1. The number of hydrogen-bond donors (Lipinski definition) is 1. The van der Waals surface area contributed by atoms with Crippen LogP contribution in [0.2, 0.25) is 0 Å². The van der Waals surface area contributed by atoms with Crippen LogP contribution < -0.4 is 5.32 Å². The fourth-order valence-electron chi connectivity index (χ4n) is 2.84. The van der Waals surface area contributed by atoms with E-state index in [0.29, 0.717) is 10.8 Å². The van der Waals surface area contributed by atoms with Crippen LogP contribution in [0.15, 0.2) is 42.4 Å². The second-order valence-corrected chi connectivity index (χ2v) is 8.19. The first kappa shape index (κ1) is 18.4. The summed E-state index contributed by atoms with van der Waals surface area (Å²) in [5.41, 5.74) is 4.55. The van der Waals surface area contributed by atoms with Crippen molar-refractivity contribution in [3.05, 3.63) is 47.3 Å². The molecule has 0 aliphatic rings. The third kappa shape index (κ3) is 3.43. The molecule has 0 saturated carbocycles. The van der Waals surface area contributed by atoms with Crippen LogP contribution in [0.3, 0.4) is 0 Å². The summed E-state index contributed by atoms with van der Waals surface area (Å²) in [6, 6.07) is 2.03. The number of rotatable bonds is 5. The number of hydrogen-bond acceptors (Lipinski definition) is 5. The topological polar surface area (TPSA) is 77.1 Å². The Hall–Kier alpha value is -3.00. The Morgan fingerprint density at radius 1 is 1.07 bits per heavy atom. The van der Waals surface area contributed by atoms with E-state index in [2.05, 4.69) is 34.3 Å². The summed E-state index contributed by atoms with van der Waals surface area (Å²) in [7, 11) is 1.88. The molecule has 1 atom stereocenters. The molecule has 8 heteroatoms. The van der Waals surface area contributed by atoms with Gasteiger partial charge in [0.15, 0.2) is 5.65 Å². The molecule has 0 bridgehead atoms. The van der Waals surface area contributed by atoms with Crippen LogP contribution in [0.5, 0.6) is 0 Å². The van der Waals surface area contributed by atoms with Gasteiger partial charge < -0.3 is 5.32 Å². The Bertz CT molecular complexity index is 1140. The van der Waals surface area contributed by atoms with Crippen molar-refractivity contribution in [1.82, 2.24) is 29.7 Å². The highest BCUT2D eigenvalue weighted by Gasteiger charge is 2.17. The molecule has 144 valence electrons. The molecule has 0 fully saturated rings. The number of aromatic nitrogens is 5. The number of fused-ring (bicyclic) bond motifs is 1. The molecule has 4 rings (SSSR count). The molecular formula is C20H22N6OS. The SMILES string of the molecule is CC(C)C(C)NC(=O)c1cc(-c2cnn3cc(-c4cnn(C)c4)cnc23)cs1. The quantitative estimate of drug-likeness (QED) is 0.561. The highest BCUT2D eigenvalue weighted by molar-refractivity contribution is 7.12. The van der Waals surface area contributed by atoms with Crippen molar-refractivity contribution in [3.63, 3.8) is 0 Å². The molecule has 4 aromatic heterocycles. The van der Waals surface area contributed by atoms with E-state index in [4.69, 9.17) is 0 Å². The van der Waals surface area contributed by atoms with E-state index in [1.807, 2.05) is 44.0 Å². The molecule has 4 aromatic rings. The lowest BCUT2D eigenvalue weighted by atomic mass is 10.1. The Morgan fingerprint density at radius 2 is 1.86 bits per heavy atom. The van der Waals surface area contributed by atoms with Gasteiger partial charge in [-0.25, -0.2) is 9.50 Å². The number of nitrogens with one attached hydrogen (secondary N) is 1. The van der Waals surface area contributed by atoms with Crippen LogP contribution >= 0.6 is 11.3 Å². The van der Waals surface area contributed by atoms with Crippen molar-refractivity contribution < 1.29 is 4.79 Å². The second-order valence-electron chi connectivity index (χ2n) is 7.28. The average molecular weight is 395 g/mol. The van der Waals surface area contributed by atoms with Crippen molar-refractivity contribution in [1.29, 1.82) is 0 Å². The van der Waals surface area contributed by atoms with Gasteiger partial charge in [-0.3, -0.25) is 9.48 Å². The van der Waals surface area contributed by atoms with Gasteiger partial charge in [0.05, 0.1) is 17.3 Å². The highest BCUT2D eigenvalue weighted by atomic mass is 32.1. The minimum atomic E-state index is -0.0410. The first-order valence-electron chi connectivity index (χ1n) is 9.14. The van der Waals surface area contributed by atoms with Gasteiger partial charge in [0.1, 0.15) is 0 Å². The van der Waals surface area contributed by atoms with Crippen LogP contribution in [-0.2, 0) is 7.05 Å². The lowest BCUT2D eigenvalue weighted by Gasteiger charge is -2.16. The molecule has 1 unspecified atom stereocenters. The maximum Gasteiger partial charge on any atom is 0.261 e. The zero-order chi connectivity index (χ0) is 19.8. The molecule has 0 spiro atoms. The summed E-state index contributed by atoms with van der Waals surface area (Å²) in [6.07, 6.45) is 9.29. The minimum absolute atomic E-state index is 0.0410. The maximum atomic E-state index is 12.5. The lowest BCUT2D eigenvalue weighted by Crippen LogP contribution is -2.35. The maximum absolute atomic E-state index is 12.5. The van der Waals surface area contributed by atoms with Crippen molar-refractivity contribution in [2.75, 3.05) is 0 Å². The first-order chi connectivity index (χ1) is 13.4. The number of nitrogens with zero attached hydrogens (tertiary/aromatic N) is 5. The van der Waals surface area contributed by atoms with E-state index in [9.17, 15) is 4.79 Å². The number of carbonyl (C=O) groups excluding carboxylic acids is 1. The highest BCUT2D eigenvalue weighted by Crippen LogP contribution is 2.29.